The quantitative estimate of drug-likeness (QED) is 0.286. The third kappa shape index (κ3) is 5.02. The largest absolute Gasteiger partial charge is 0.494 e. The van der Waals surface area contributed by atoms with Crippen LogP contribution in [0, 0.1) is 0 Å². The zero-order chi connectivity index (χ0) is 24.2. The maximum absolute atomic E-state index is 12.0. The highest BCUT2D eigenvalue weighted by molar-refractivity contribution is 6.08. The van der Waals surface area contributed by atoms with Crippen LogP contribution in [0.4, 0.5) is 0 Å². The SMILES string of the molecule is O=C(O)CCn1c2ccccc2c2ccc(OCCCCOc3ccc4c(c3)CCCC4=O)cc21. The number of aromatic nitrogens is 1. The molecule has 0 bridgehead atoms. The summed E-state index contributed by atoms with van der Waals surface area (Å²) >= 11 is 0. The van der Waals surface area contributed by atoms with E-state index < -0.39 is 5.97 Å². The average Bonchev–Trinajstić information content (AvgIpc) is 3.18. The number of carbonyl (C=O) groups is 2. The van der Waals surface area contributed by atoms with E-state index >= 15 is 0 Å². The first kappa shape index (κ1) is 23.0. The van der Waals surface area contributed by atoms with Crippen molar-refractivity contribution in [3.05, 3.63) is 71.8 Å². The molecule has 0 saturated heterocycles. The number of hydrogen-bond donors (Lipinski definition) is 1. The van der Waals surface area contributed by atoms with Gasteiger partial charge < -0.3 is 19.1 Å². The number of hydrogen-bond acceptors (Lipinski definition) is 4. The number of aliphatic carboxylic acids is 1. The Morgan fingerprint density at radius 3 is 2.37 bits per heavy atom. The standard InChI is InChI=1S/C29H29NO5/c31-28-9-5-6-20-18-21(10-12-23(20)28)34-16-3-4-17-35-22-11-13-25-24-7-1-2-8-26(24)30(27(25)19-22)15-14-29(32)33/h1-2,7-8,10-13,18-19H,3-6,9,14-17H2,(H,32,33). The van der Waals surface area contributed by atoms with Gasteiger partial charge in [-0.05, 0) is 67.6 Å². The number of benzene rings is 3. The number of fused-ring (bicyclic) bond motifs is 4. The van der Waals surface area contributed by atoms with E-state index in [1.54, 1.807) is 0 Å². The van der Waals surface area contributed by atoms with Gasteiger partial charge in [0.15, 0.2) is 5.78 Å². The molecule has 0 amide bonds. The fourth-order valence-electron chi connectivity index (χ4n) is 4.86. The average molecular weight is 472 g/mol. The van der Waals surface area contributed by atoms with Gasteiger partial charge in [0.1, 0.15) is 11.5 Å². The Labute approximate surface area is 204 Å². The predicted molar refractivity (Wildman–Crippen MR) is 136 cm³/mol. The molecule has 0 spiro atoms. The number of carboxylic acid groups (broad SMARTS) is 1. The summed E-state index contributed by atoms with van der Waals surface area (Å²) in [4.78, 5) is 23.1. The first-order chi connectivity index (χ1) is 17.1. The van der Waals surface area contributed by atoms with Gasteiger partial charge in [-0.15, -0.1) is 0 Å². The maximum atomic E-state index is 12.0. The molecule has 1 N–H and O–H groups in total. The van der Waals surface area contributed by atoms with E-state index in [4.69, 9.17) is 9.47 Å². The summed E-state index contributed by atoms with van der Waals surface area (Å²) in [5, 5.41) is 11.4. The minimum Gasteiger partial charge on any atom is -0.494 e. The van der Waals surface area contributed by atoms with Crippen molar-refractivity contribution in [2.75, 3.05) is 13.2 Å². The molecular formula is C29H29NO5. The third-order valence-corrected chi connectivity index (χ3v) is 6.60. The van der Waals surface area contributed by atoms with Crippen molar-refractivity contribution in [2.45, 2.75) is 45.1 Å². The number of Topliss-reactive ketones (excluding diaryl/α,β-unsaturated/α-hetero) is 1. The monoisotopic (exact) mass is 471 g/mol. The molecule has 4 aromatic rings. The normalized spacial score (nSPS) is 13.2. The molecule has 0 atom stereocenters. The Morgan fingerprint density at radius 2 is 1.57 bits per heavy atom. The van der Waals surface area contributed by atoms with Crippen LogP contribution in [0.25, 0.3) is 21.8 Å². The van der Waals surface area contributed by atoms with Crippen molar-refractivity contribution < 1.29 is 24.2 Å². The van der Waals surface area contributed by atoms with Crippen LogP contribution in [-0.2, 0) is 17.8 Å². The fourth-order valence-corrected chi connectivity index (χ4v) is 4.86. The van der Waals surface area contributed by atoms with E-state index in [9.17, 15) is 14.7 Å². The van der Waals surface area contributed by atoms with Crippen LogP contribution in [0.3, 0.4) is 0 Å². The fraction of sp³-hybridized carbons (Fsp3) is 0.310. The van der Waals surface area contributed by atoms with E-state index in [1.807, 2.05) is 54.6 Å². The molecule has 180 valence electrons. The van der Waals surface area contributed by atoms with Crippen molar-refractivity contribution in [2.24, 2.45) is 0 Å². The van der Waals surface area contributed by atoms with Gasteiger partial charge in [0.25, 0.3) is 0 Å². The lowest BCUT2D eigenvalue weighted by molar-refractivity contribution is -0.137. The van der Waals surface area contributed by atoms with Gasteiger partial charge in [0.2, 0.25) is 0 Å². The minimum absolute atomic E-state index is 0.0688. The first-order valence-corrected chi connectivity index (χ1v) is 12.2. The molecule has 1 aromatic heterocycles. The lowest BCUT2D eigenvalue weighted by Gasteiger charge is -2.16. The Kier molecular flexibility index (Phi) is 6.70. The highest BCUT2D eigenvalue weighted by Crippen LogP contribution is 2.32. The number of aryl methyl sites for hydroxylation is 2. The second-order valence-electron chi connectivity index (χ2n) is 8.99. The summed E-state index contributed by atoms with van der Waals surface area (Å²) in [6.07, 6.45) is 4.27. The summed E-state index contributed by atoms with van der Waals surface area (Å²) in [6, 6.07) is 19.9. The number of carboxylic acids is 1. The zero-order valence-corrected chi connectivity index (χ0v) is 19.7. The van der Waals surface area contributed by atoms with E-state index in [0.29, 0.717) is 26.2 Å². The predicted octanol–water partition coefficient (Wildman–Crippen LogP) is 6.03. The molecule has 0 aliphatic heterocycles. The number of ether oxygens (including phenoxy) is 2. The second kappa shape index (κ2) is 10.2. The molecule has 6 nitrogen and oxygen atoms in total. The molecule has 0 unspecified atom stereocenters. The van der Waals surface area contributed by atoms with E-state index in [2.05, 4.69) is 10.6 Å². The Morgan fingerprint density at radius 1 is 0.857 bits per heavy atom. The Bertz CT molecular complexity index is 1390. The molecule has 1 heterocycles. The number of para-hydroxylation sites is 1. The molecular weight excluding hydrogens is 442 g/mol. The molecule has 1 aliphatic rings. The maximum Gasteiger partial charge on any atom is 0.305 e. The lowest BCUT2D eigenvalue weighted by Crippen LogP contribution is -2.11. The molecule has 0 radical (unpaired) electrons. The zero-order valence-electron chi connectivity index (χ0n) is 19.7. The van der Waals surface area contributed by atoms with Gasteiger partial charge in [-0.1, -0.05) is 18.2 Å². The van der Waals surface area contributed by atoms with Crippen molar-refractivity contribution in [3.8, 4) is 11.5 Å². The smallest absolute Gasteiger partial charge is 0.305 e. The summed E-state index contributed by atoms with van der Waals surface area (Å²) in [6.45, 7) is 1.58. The number of unbranched alkanes of at least 4 members (excludes halogenated alkanes) is 1. The Hall–Kier alpha value is -3.80. The number of nitrogens with zero attached hydrogens (tertiary/aromatic N) is 1. The minimum atomic E-state index is -0.811. The second-order valence-corrected chi connectivity index (χ2v) is 8.99. The molecule has 6 heteroatoms. The van der Waals surface area contributed by atoms with Crippen molar-refractivity contribution in [1.82, 2.24) is 4.57 Å². The van der Waals surface area contributed by atoms with Crippen molar-refractivity contribution in [1.29, 1.82) is 0 Å². The number of ketones is 1. The van der Waals surface area contributed by atoms with Crippen LogP contribution in [0.2, 0.25) is 0 Å². The molecule has 35 heavy (non-hydrogen) atoms. The van der Waals surface area contributed by atoms with Crippen LogP contribution in [0.15, 0.2) is 60.7 Å². The highest BCUT2D eigenvalue weighted by atomic mass is 16.5. The van der Waals surface area contributed by atoms with Crippen LogP contribution in [-0.4, -0.2) is 34.6 Å². The molecule has 0 fully saturated rings. The van der Waals surface area contributed by atoms with Crippen LogP contribution in [0.5, 0.6) is 11.5 Å². The number of rotatable bonds is 10. The molecule has 0 saturated carbocycles. The van der Waals surface area contributed by atoms with Gasteiger partial charge in [0.05, 0.1) is 25.2 Å². The van der Waals surface area contributed by atoms with Crippen molar-refractivity contribution >= 4 is 33.6 Å². The van der Waals surface area contributed by atoms with E-state index in [1.165, 1.54) is 0 Å². The lowest BCUT2D eigenvalue weighted by atomic mass is 9.90. The van der Waals surface area contributed by atoms with Gasteiger partial charge in [-0.2, -0.15) is 0 Å². The van der Waals surface area contributed by atoms with Crippen LogP contribution >= 0.6 is 0 Å². The summed E-state index contributed by atoms with van der Waals surface area (Å²) in [5.41, 5.74) is 3.96. The van der Waals surface area contributed by atoms with E-state index in [-0.39, 0.29) is 12.2 Å². The molecule has 3 aromatic carbocycles. The summed E-state index contributed by atoms with van der Waals surface area (Å²) < 4.78 is 14.0. The molecule has 5 rings (SSSR count). The third-order valence-electron chi connectivity index (χ3n) is 6.60. The summed E-state index contributed by atoms with van der Waals surface area (Å²) in [7, 11) is 0. The summed E-state index contributed by atoms with van der Waals surface area (Å²) in [5.74, 6) is 1.01. The van der Waals surface area contributed by atoms with Gasteiger partial charge in [0, 0.05) is 40.9 Å². The van der Waals surface area contributed by atoms with Gasteiger partial charge in [-0.25, -0.2) is 0 Å². The number of carbonyl (C=O) groups excluding carboxylic acids is 1. The van der Waals surface area contributed by atoms with Gasteiger partial charge in [-0.3, -0.25) is 9.59 Å². The van der Waals surface area contributed by atoms with Gasteiger partial charge >= 0.3 is 5.97 Å². The van der Waals surface area contributed by atoms with Crippen LogP contribution < -0.4 is 9.47 Å². The molecule has 1 aliphatic carbocycles. The van der Waals surface area contributed by atoms with Crippen LogP contribution in [0.1, 0.15) is 48.0 Å². The first-order valence-electron chi connectivity index (χ1n) is 12.2. The highest BCUT2D eigenvalue weighted by Gasteiger charge is 2.17. The van der Waals surface area contributed by atoms with Crippen molar-refractivity contribution in [3.63, 3.8) is 0 Å². The van der Waals surface area contributed by atoms with E-state index in [0.717, 1.165) is 70.1 Å². The Balaban J connectivity index is 1.17. The topological polar surface area (TPSA) is 77.8 Å².